The van der Waals surface area contributed by atoms with E-state index in [0.29, 0.717) is 9.81 Å². The van der Waals surface area contributed by atoms with Crippen molar-refractivity contribution in [3.63, 3.8) is 0 Å². The van der Waals surface area contributed by atoms with Crippen LogP contribution in [0.2, 0.25) is 0 Å². The van der Waals surface area contributed by atoms with Gasteiger partial charge in [0.1, 0.15) is 0 Å². The molecule has 5 nitrogen and oxygen atoms in total. The standard InChI is InChI=1S/C22H18N4OS/c1-15(19-14-8-10-17-9-6-7-13-20(17)19)23-24-22-26(18-11-4-3-5-12-18)25-21(28-22)16(2)27/h3-14H,1-2H3/b23-15+,24-22+. The highest BCUT2D eigenvalue weighted by molar-refractivity contribution is 7.10. The van der Waals surface area contributed by atoms with Crippen LogP contribution in [0.5, 0.6) is 0 Å². The van der Waals surface area contributed by atoms with Crippen molar-refractivity contribution in [3.8, 4) is 5.69 Å². The maximum absolute atomic E-state index is 11.8. The summed E-state index contributed by atoms with van der Waals surface area (Å²) in [5.74, 6) is -0.0918. The first-order valence-corrected chi connectivity index (χ1v) is 9.68. The third-order valence-corrected chi connectivity index (χ3v) is 5.33. The lowest BCUT2D eigenvalue weighted by Gasteiger charge is -2.04. The highest BCUT2D eigenvalue weighted by atomic mass is 32.1. The van der Waals surface area contributed by atoms with Gasteiger partial charge in [-0.3, -0.25) is 4.79 Å². The molecule has 0 unspecified atom stereocenters. The second-order valence-electron chi connectivity index (χ2n) is 6.31. The Labute approximate surface area is 166 Å². The zero-order valence-corrected chi connectivity index (χ0v) is 16.4. The zero-order chi connectivity index (χ0) is 19.5. The average Bonchev–Trinajstić information content (AvgIpc) is 3.17. The molecule has 0 aliphatic rings. The van der Waals surface area contributed by atoms with Crippen molar-refractivity contribution in [1.29, 1.82) is 0 Å². The summed E-state index contributed by atoms with van der Waals surface area (Å²) in [7, 11) is 0. The molecule has 4 rings (SSSR count). The molecule has 3 aromatic carbocycles. The van der Waals surface area contributed by atoms with Crippen LogP contribution >= 0.6 is 11.3 Å². The fourth-order valence-electron chi connectivity index (χ4n) is 2.94. The molecule has 6 heteroatoms. The molecule has 0 aliphatic carbocycles. The first-order chi connectivity index (χ1) is 13.6. The van der Waals surface area contributed by atoms with E-state index in [1.165, 1.54) is 18.3 Å². The summed E-state index contributed by atoms with van der Waals surface area (Å²) in [4.78, 5) is 12.4. The molecule has 1 aromatic heterocycles. The number of nitrogens with zero attached hydrogens (tertiary/aromatic N) is 4. The van der Waals surface area contributed by atoms with E-state index in [4.69, 9.17) is 0 Å². The van der Waals surface area contributed by atoms with E-state index in [0.717, 1.165) is 27.7 Å². The number of Topliss-reactive ketones (excluding diaryl/α,β-unsaturated/α-hetero) is 1. The first-order valence-electron chi connectivity index (χ1n) is 8.86. The van der Waals surface area contributed by atoms with Gasteiger partial charge in [0.2, 0.25) is 4.80 Å². The monoisotopic (exact) mass is 386 g/mol. The molecule has 0 spiro atoms. The van der Waals surface area contributed by atoms with Gasteiger partial charge in [-0.05, 0) is 29.8 Å². The zero-order valence-electron chi connectivity index (χ0n) is 15.5. The minimum absolute atomic E-state index is 0.0918. The van der Waals surface area contributed by atoms with Gasteiger partial charge < -0.3 is 0 Å². The summed E-state index contributed by atoms with van der Waals surface area (Å²) < 4.78 is 1.65. The fourth-order valence-corrected chi connectivity index (χ4v) is 3.69. The third kappa shape index (κ3) is 3.54. The second-order valence-corrected chi connectivity index (χ2v) is 7.26. The molecule has 0 amide bonds. The van der Waals surface area contributed by atoms with E-state index >= 15 is 0 Å². The van der Waals surface area contributed by atoms with Crippen molar-refractivity contribution in [2.45, 2.75) is 13.8 Å². The lowest BCUT2D eigenvalue weighted by atomic mass is 10.0. The van der Waals surface area contributed by atoms with Crippen molar-refractivity contribution in [1.82, 2.24) is 9.78 Å². The van der Waals surface area contributed by atoms with Gasteiger partial charge in [0, 0.05) is 12.5 Å². The Kier molecular flexibility index (Phi) is 4.95. The Hall–Kier alpha value is -3.38. The molecule has 1 heterocycles. The molecule has 0 fully saturated rings. The van der Waals surface area contributed by atoms with Crippen molar-refractivity contribution in [3.05, 3.63) is 88.2 Å². The molecule has 0 atom stereocenters. The van der Waals surface area contributed by atoms with Crippen molar-refractivity contribution in [2.24, 2.45) is 10.2 Å². The van der Waals surface area contributed by atoms with E-state index in [2.05, 4.69) is 33.5 Å². The average molecular weight is 386 g/mol. The summed E-state index contributed by atoms with van der Waals surface area (Å²) >= 11 is 1.23. The number of hydrogen-bond donors (Lipinski definition) is 0. The summed E-state index contributed by atoms with van der Waals surface area (Å²) in [6.07, 6.45) is 0. The Morgan fingerprint density at radius 2 is 1.64 bits per heavy atom. The van der Waals surface area contributed by atoms with Crippen molar-refractivity contribution < 1.29 is 4.79 Å². The lowest BCUT2D eigenvalue weighted by molar-refractivity contribution is 0.101. The molecule has 0 N–H and O–H groups in total. The molecular weight excluding hydrogens is 368 g/mol. The van der Waals surface area contributed by atoms with E-state index in [1.807, 2.05) is 61.5 Å². The van der Waals surface area contributed by atoms with Crippen LogP contribution in [0.4, 0.5) is 0 Å². The van der Waals surface area contributed by atoms with Crippen LogP contribution in [0.15, 0.2) is 83.0 Å². The minimum Gasteiger partial charge on any atom is -0.292 e. The number of fused-ring (bicyclic) bond motifs is 1. The van der Waals surface area contributed by atoms with Crippen LogP contribution in [0, 0.1) is 0 Å². The maximum Gasteiger partial charge on any atom is 0.233 e. The highest BCUT2D eigenvalue weighted by Crippen LogP contribution is 2.19. The largest absolute Gasteiger partial charge is 0.292 e. The summed E-state index contributed by atoms with van der Waals surface area (Å²) in [5.41, 5.74) is 2.67. The quantitative estimate of drug-likeness (QED) is 0.292. The number of para-hydroxylation sites is 1. The third-order valence-electron chi connectivity index (χ3n) is 4.33. The van der Waals surface area contributed by atoms with Crippen LogP contribution in [0.25, 0.3) is 16.5 Å². The topological polar surface area (TPSA) is 59.6 Å². The Balaban J connectivity index is 1.83. The molecule has 138 valence electrons. The summed E-state index contributed by atoms with van der Waals surface area (Å²) in [5, 5.41) is 16.0. The summed E-state index contributed by atoms with van der Waals surface area (Å²) in [6.45, 7) is 3.44. The SMILES string of the molecule is CC(=O)c1nn(-c2ccccc2)/c(=N\N=C(/C)c2cccc3ccccc23)s1. The van der Waals surface area contributed by atoms with Crippen molar-refractivity contribution >= 4 is 33.6 Å². The number of carbonyl (C=O) groups excluding carboxylic acids is 1. The van der Waals surface area contributed by atoms with Crippen LogP contribution in [-0.4, -0.2) is 21.3 Å². The molecule has 4 aromatic rings. The predicted molar refractivity (Wildman–Crippen MR) is 113 cm³/mol. The Morgan fingerprint density at radius 1 is 0.929 bits per heavy atom. The van der Waals surface area contributed by atoms with Gasteiger partial charge in [0.25, 0.3) is 0 Å². The van der Waals surface area contributed by atoms with Gasteiger partial charge >= 0.3 is 0 Å². The second kappa shape index (κ2) is 7.70. The van der Waals surface area contributed by atoms with Crippen LogP contribution in [0.3, 0.4) is 0 Å². The number of aromatic nitrogens is 2. The molecule has 28 heavy (non-hydrogen) atoms. The smallest absolute Gasteiger partial charge is 0.233 e. The number of benzene rings is 3. The van der Waals surface area contributed by atoms with Gasteiger partial charge in [-0.2, -0.15) is 10.2 Å². The van der Waals surface area contributed by atoms with Gasteiger partial charge in [0.15, 0.2) is 10.8 Å². The molecule has 0 radical (unpaired) electrons. The Morgan fingerprint density at radius 3 is 2.43 bits per heavy atom. The van der Waals surface area contributed by atoms with Gasteiger partial charge in [0.05, 0.1) is 11.4 Å². The molecule has 0 bridgehead atoms. The van der Waals surface area contributed by atoms with E-state index < -0.39 is 0 Å². The first kappa shape index (κ1) is 18.0. The number of carbonyl (C=O) groups is 1. The highest BCUT2D eigenvalue weighted by Gasteiger charge is 2.10. The van der Waals surface area contributed by atoms with Crippen LogP contribution < -0.4 is 4.80 Å². The van der Waals surface area contributed by atoms with E-state index in [1.54, 1.807) is 4.68 Å². The Bertz CT molecular complexity index is 1250. The van der Waals surface area contributed by atoms with Crippen molar-refractivity contribution in [2.75, 3.05) is 0 Å². The fraction of sp³-hybridized carbons (Fsp3) is 0.0909. The lowest BCUT2D eigenvalue weighted by Crippen LogP contribution is -2.14. The number of ketones is 1. The molecular formula is C22H18N4OS. The molecule has 0 aliphatic heterocycles. The molecule has 0 saturated carbocycles. The molecule has 0 saturated heterocycles. The van der Waals surface area contributed by atoms with Gasteiger partial charge in [-0.25, -0.2) is 4.68 Å². The normalized spacial score (nSPS) is 12.5. The predicted octanol–water partition coefficient (Wildman–Crippen LogP) is 4.61. The van der Waals surface area contributed by atoms with Gasteiger partial charge in [-0.1, -0.05) is 72.0 Å². The minimum atomic E-state index is -0.0918. The number of rotatable bonds is 4. The van der Waals surface area contributed by atoms with Gasteiger partial charge in [-0.15, -0.1) is 5.10 Å². The number of hydrogen-bond acceptors (Lipinski definition) is 5. The van der Waals surface area contributed by atoms with Crippen LogP contribution in [0.1, 0.15) is 29.2 Å². The van der Waals surface area contributed by atoms with E-state index in [-0.39, 0.29) is 5.78 Å². The summed E-state index contributed by atoms with van der Waals surface area (Å²) in [6, 6.07) is 23.9. The maximum atomic E-state index is 11.8. The van der Waals surface area contributed by atoms with Crippen LogP contribution in [-0.2, 0) is 0 Å². The van der Waals surface area contributed by atoms with E-state index in [9.17, 15) is 4.79 Å².